The summed E-state index contributed by atoms with van der Waals surface area (Å²) >= 11 is 0. The number of nitriles is 1. The van der Waals surface area contributed by atoms with Crippen LogP contribution in [0.3, 0.4) is 0 Å². The number of piperidine rings is 1. The summed E-state index contributed by atoms with van der Waals surface area (Å²) in [6, 6.07) is 7.89. The fourth-order valence-corrected chi connectivity index (χ4v) is 4.18. The van der Waals surface area contributed by atoms with Gasteiger partial charge in [-0.3, -0.25) is 4.79 Å². The molecule has 1 saturated carbocycles. The maximum absolute atomic E-state index is 12.9. The summed E-state index contributed by atoms with van der Waals surface area (Å²) in [5.41, 5.74) is 1.01. The minimum Gasteiger partial charge on any atom is -0.497 e. The number of amides is 1. The third kappa shape index (κ3) is 3.78. The van der Waals surface area contributed by atoms with Crippen molar-refractivity contribution in [2.75, 3.05) is 27.2 Å². The molecule has 1 amide bonds. The number of methoxy groups -OCH3 is 1. The molecule has 1 N–H and O–H groups in total. The van der Waals surface area contributed by atoms with E-state index in [-0.39, 0.29) is 23.9 Å². The lowest BCUT2D eigenvalue weighted by atomic mass is 9.94. The van der Waals surface area contributed by atoms with E-state index >= 15 is 0 Å². The number of carbonyl (C=O) groups is 1. The van der Waals surface area contributed by atoms with Gasteiger partial charge in [-0.1, -0.05) is 24.1 Å². The van der Waals surface area contributed by atoms with Crippen LogP contribution in [0, 0.1) is 35.8 Å². The summed E-state index contributed by atoms with van der Waals surface area (Å²) in [6.45, 7) is 8.93. The molecule has 1 aromatic rings. The van der Waals surface area contributed by atoms with Crippen LogP contribution in [0.4, 0.5) is 0 Å². The SMILES string of the molecule is C#[N+]N(C)C(CC(C)C(=O)N1C[C@@H]2C(NC#N)[C@@H]2C1)c1cccc(OC)c1. The molecule has 1 heterocycles. The van der Waals surface area contributed by atoms with E-state index in [1.807, 2.05) is 49.3 Å². The van der Waals surface area contributed by atoms with Gasteiger partial charge >= 0.3 is 6.57 Å². The monoisotopic (exact) mass is 368 g/mol. The Morgan fingerprint density at radius 3 is 2.81 bits per heavy atom. The number of benzene rings is 1. The molecule has 142 valence electrons. The van der Waals surface area contributed by atoms with Crippen molar-refractivity contribution in [3.8, 4) is 18.5 Å². The highest BCUT2D eigenvalue weighted by molar-refractivity contribution is 5.79. The molecule has 27 heavy (non-hydrogen) atoms. The molecule has 7 nitrogen and oxygen atoms in total. The Morgan fingerprint density at radius 1 is 1.52 bits per heavy atom. The molecule has 0 radical (unpaired) electrons. The van der Waals surface area contributed by atoms with Crippen LogP contribution in [0.25, 0.3) is 4.95 Å². The fourth-order valence-electron chi connectivity index (χ4n) is 4.18. The van der Waals surface area contributed by atoms with Crippen LogP contribution < -0.4 is 10.1 Å². The molecule has 1 saturated heterocycles. The smallest absolute Gasteiger partial charge is 0.304 e. The number of ether oxygens (including phenoxy) is 1. The van der Waals surface area contributed by atoms with Crippen LogP contribution in [-0.2, 0) is 4.79 Å². The highest BCUT2D eigenvalue weighted by atomic mass is 16.5. The van der Waals surface area contributed by atoms with Crippen LogP contribution >= 0.6 is 0 Å². The van der Waals surface area contributed by atoms with Crippen molar-refractivity contribution in [2.45, 2.75) is 25.4 Å². The molecular formula is C20H26N5O2+. The molecule has 3 unspecified atom stereocenters. The molecule has 2 fully saturated rings. The third-order valence-electron chi connectivity index (χ3n) is 5.85. The van der Waals surface area contributed by atoms with Gasteiger partial charge in [0.1, 0.15) is 11.8 Å². The molecule has 7 heteroatoms. The largest absolute Gasteiger partial charge is 0.497 e. The molecule has 0 spiro atoms. The predicted octanol–water partition coefficient (Wildman–Crippen LogP) is 2.10. The molecule has 2 aliphatic rings. The lowest BCUT2D eigenvalue weighted by Gasteiger charge is -2.26. The number of carbonyl (C=O) groups excluding carboxylic acids is 1. The summed E-state index contributed by atoms with van der Waals surface area (Å²) < 4.78 is 5.31. The number of hydrogen-bond acceptors (Lipinski definition) is 5. The highest BCUT2D eigenvalue weighted by Gasteiger charge is 2.57. The first-order valence-corrected chi connectivity index (χ1v) is 9.21. The zero-order valence-corrected chi connectivity index (χ0v) is 16.0. The van der Waals surface area contributed by atoms with E-state index in [9.17, 15) is 4.79 Å². The van der Waals surface area contributed by atoms with E-state index in [2.05, 4.69) is 10.3 Å². The normalized spacial score (nSPS) is 24.8. The molecule has 1 aliphatic heterocycles. The van der Waals surface area contributed by atoms with E-state index in [0.29, 0.717) is 18.3 Å². The maximum Gasteiger partial charge on any atom is 0.304 e. The molecule has 0 aromatic heterocycles. The van der Waals surface area contributed by atoms with Gasteiger partial charge in [0.05, 0.1) is 19.1 Å². The average Bonchev–Trinajstić information content (AvgIpc) is 3.13. The summed E-state index contributed by atoms with van der Waals surface area (Å²) in [7, 11) is 3.44. The van der Waals surface area contributed by atoms with Crippen LogP contribution in [0.5, 0.6) is 5.75 Å². The quantitative estimate of drug-likeness (QED) is 0.453. The zero-order valence-electron chi connectivity index (χ0n) is 16.0. The van der Waals surface area contributed by atoms with Crippen molar-refractivity contribution < 1.29 is 9.53 Å². The Labute approximate surface area is 160 Å². The van der Waals surface area contributed by atoms with Crippen LogP contribution in [0.1, 0.15) is 24.9 Å². The predicted molar refractivity (Wildman–Crippen MR) is 102 cm³/mol. The van der Waals surface area contributed by atoms with Gasteiger partial charge in [0.15, 0.2) is 6.19 Å². The van der Waals surface area contributed by atoms with Gasteiger partial charge < -0.3 is 15.0 Å². The highest BCUT2D eigenvalue weighted by Crippen LogP contribution is 2.46. The minimum absolute atomic E-state index is 0.116. The Kier molecular flexibility index (Phi) is 5.41. The van der Waals surface area contributed by atoms with Crippen molar-refractivity contribution in [1.82, 2.24) is 15.2 Å². The van der Waals surface area contributed by atoms with Gasteiger partial charge in [0, 0.05) is 36.9 Å². The Hall–Kier alpha value is -2.93. The summed E-state index contributed by atoms with van der Waals surface area (Å²) in [5, 5.41) is 13.2. The van der Waals surface area contributed by atoms with Gasteiger partial charge in [-0.05, 0) is 24.1 Å². The van der Waals surface area contributed by atoms with Crippen molar-refractivity contribution >= 4 is 5.91 Å². The second-order valence-corrected chi connectivity index (χ2v) is 7.47. The first kappa shape index (κ1) is 18.8. The number of fused-ring (bicyclic) bond motifs is 1. The third-order valence-corrected chi connectivity index (χ3v) is 5.85. The Balaban J connectivity index is 1.65. The molecular weight excluding hydrogens is 342 g/mol. The van der Waals surface area contributed by atoms with Crippen LogP contribution in [0.15, 0.2) is 24.3 Å². The van der Waals surface area contributed by atoms with Gasteiger partial charge in [-0.25, -0.2) is 0 Å². The van der Waals surface area contributed by atoms with E-state index in [1.54, 1.807) is 12.1 Å². The van der Waals surface area contributed by atoms with Gasteiger partial charge in [-0.15, -0.1) is 0 Å². The average molecular weight is 368 g/mol. The molecule has 0 bridgehead atoms. The van der Waals surface area contributed by atoms with Gasteiger partial charge in [-0.2, -0.15) is 5.26 Å². The molecule has 1 aromatic carbocycles. The van der Waals surface area contributed by atoms with Crippen LogP contribution in [-0.4, -0.2) is 49.1 Å². The Morgan fingerprint density at radius 2 is 2.22 bits per heavy atom. The standard InChI is InChI=1S/C20H26N5O2/c1-13(20(26)25-10-16-17(11-25)19(16)23-12-21)8-18(24(3)22-2)14-6-5-7-15(9-14)27-4/h2,5-7,9,13,16-19,23H,8,10-11H2,1,3-4H3/q+1/t13?,16-,17+,18?,19?. The minimum atomic E-state index is -0.162. The van der Waals surface area contributed by atoms with Crippen molar-refractivity contribution in [3.05, 3.63) is 34.8 Å². The van der Waals surface area contributed by atoms with Crippen molar-refractivity contribution in [3.63, 3.8) is 0 Å². The number of hydrogen-bond donors (Lipinski definition) is 1. The van der Waals surface area contributed by atoms with Crippen molar-refractivity contribution in [1.29, 1.82) is 5.26 Å². The van der Waals surface area contributed by atoms with Gasteiger partial charge in [0.2, 0.25) is 5.91 Å². The lowest BCUT2D eigenvalue weighted by molar-refractivity contribution is -0.135. The number of nitrogens with one attached hydrogen (secondary N) is 1. The summed E-state index contributed by atoms with van der Waals surface area (Å²) in [5.74, 6) is 1.58. The zero-order chi connectivity index (χ0) is 19.6. The first-order chi connectivity index (χ1) is 13.0. The van der Waals surface area contributed by atoms with E-state index < -0.39 is 0 Å². The second kappa shape index (κ2) is 7.75. The summed E-state index contributed by atoms with van der Waals surface area (Å²) in [6.07, 6.45) is 2.61. The first-order valence-electron chi connectivity index (χ1n) is 9.21. The lowest BCUT2D eigenvalue weighted by Crippen LogP contribution is -2.38. The van der Waals surface area contributed by atoms with E-state index in [1.165, 1.54) is 0 Å². The van der Waals surface area contributed by atoms with Crippen molar-refractivity contribution in [2.24, 2.45) is 17.8 Å². The molecule has 1 aliphatic carbocycles. The number of likely N-dealkylation sites (tertiary alicyclic amines) is 1. The van der Waals surface area contributed by atoms with E-state index in [0.717, 1.165) is 24.4 Å². The van der Waals surface area contributed by atoms with E-state index in [4.69, 9.17) is 16.6 Å². The number of nitrogens with zero attached hydrogens (tertiary/aromatic N) is 4. The van der Waals surface area contributed by atoms with Gasteiger partial charge in [0.25, 0.3) is 0 Å². The fraction of sp³-hybridized carbons (Fsp3) is 0.550. The number of rotatable bonds is 7. The molecule has 5 atom stereocenters. The summed E-state index contributed by atoms with van der Waals surface area (Å²) in [4.78, 5) is 18.6. The maximum atomic E-state index is 12.9. The topological polar surface area (TPSA) is 73.0 Å². The second-order valence-electron chi connectivity index (χ2n) is 7.47. The Bertz CT molecular complexity index is 771. The molecule has 3 rings (SSSR count). The van der Waals surface area contributed by atoms with Crippen LogP contribution in [0.2, 0.25) is 0 Å².